The highest BCUT2D eigenvalue weighted by Gasteiger charge is 2.43. The first kappa shape index (κ1) is 20.1. The maximum atomic E-state index is 11.9. The van der Waals surface area contributed by atoms with Gasteiger partial charge in [-0.3, -0.25) is 14.3 Å². The Balaban J connectivity index is 2.18. The summed E-state index contributed by atoms with van der Waals surface area (Å²) in [7, 11) is -4.36. The van der Waals surface area contributed by atoms with Crippen LogP contribution < -0.4 is 10.9 Å². The summed E-state index contributed by atoms with van der Waals surface area (Å²) in [4.78, 5) is 14.3. The van der Waals surface area contributed by atoms with Crippen molar-refractivity contribution in [2.45, 2.75) is 31.1 Å². The van der Waals surface area contributed by atoms with Crippen LogP contribution in [0.5, 0.6) is 0 Å². The van der Waals surface area contributed by atoms with Crippen molar-refractivity contribution in [3.05, 3.63) is 26.9 Å². The molecule has 2 heterocycles. The van der Waals surface area contributed by atoms with Gasteiger partial charge in [0.25, 0.3) is 5.56 Å². The van der Waals surface area contributed by atoms with E-state index in [1.807, 2.05) is 0 Å². The Morgan fingerprint density at radius 2 is 2.08 bits per heavy atom. The van der Waals surface area contributed by atoms with Gasteiger partial charge in [-0.05, 0) is 12.2 Å². The molecule has 5 N–H and O–H groups in total. The average molecular weight is 396 g/mol. The largest absolute Gasteiger partial charge is 0.748 e. The molecule has 0 saturated carbocycles. The molecule has 0 unspecified atom stereocenters. The van der Waals surface area contributed by atoms with Gasteiger partial charge in [-0.2, -0.15) is 0 Å². The summed E-state index contributed by atoms with van der Waals surface area (Å²) in [5.41, 5.74) is -0.389. The number of nitrogens with zero attached hydrogens (tertiary/aromatic N) is 1. The molecule has 11 nitrogen and oxygen atoms in total. The smallest absolute Gasteiger partial charge is 0.256 e. The molecule has 1 aromatic rings. The Kier molecular flexibility index (Phi) is 6.45. The van der Waals surface area contributed by atoms with Crippen molar-refractivity contribution in [1.82, 2.24) is 14.9 Å². The maximum Gasteiger partial charge on any atom is 0.256 e. The van der Waals surface area contributed by atoms with Crippen LogP contribution >= 0.6 is 12.2 Å². The van der Waals surface area contributed by atoms with Gasteiger partial charge in [0.2, 0.25) is 0 Å². The summed E-state index contributed by atoms with van der Waals surface area (Å²) >= 11 is 5.02. The van der Waals surface area contributed by atoms with Crippen molar-refractivity contribution in [1.29, 1.82) is 0 Å². The van der Waals surface area contributed by atoms with Crippen LogP contribution in [0.25, 0.3) is 0 Å². The molecule has 0 aliphatic carbocycles. The van der Waals surface area contributed by atoms with Crippen LogP contribution in [0.3, 0.4) is 0 Å². The van der Waals surface area contributed by atoms with Crippen LogP contribution in [0, 0.1) is 4.77 Å². The van der Waals surface area contributed by atoms with E-state index >= 15 is 0 Å². The summed E-state index contributed by atoms with van der Waals surface area (Å²) in [6, 6.07) is 0. The molecule has 0 aromatic carbocycles. The van der Waals surface area contributed by atoms with Crippen molar-refractivity contribution in [3.63, 3.8) is 0 Å². The van der Waals surface area contributed by atoms with Crippen molar-refractivity contribution in [3.8, 4) is 0 Å². The normalized spacial score (nSPS) is 26.9. The minimum atomic E-state index is -4.36. The molecule has 0 spiro atoms. The van der Waals surface area contributed by atoms with Crippen molar-refractivity contribution < 1.29 is 33.0 Å². The molecular formula is C12H18N3O8S2-. The fraction of sp³-hybridized carbons (Fsp3) is 0.667. The second-order valence-electron chi connectivity index (χ2n) is 5.49. The van der Waals surface area contributed by atoms with E-state index in [4.69, 9.17) is 22.1 Å². The zero-order chi connectivity index (χ0) is 18.8. The summed E-state index contributed by atoms with van der Waals surface area (Å²) < 4.78 is 38.1. The molecule has 0 amide bonds. The lowest BCUT2D eigenvalue weighted by atomic mass is 10.1. The van der Waals surface area contributed by atoms with E-state index in [1.54, 1.807) is 0 Å². The molecule has 0 radical (unpaired) electrons. The number of aromatic amines is 1. The standard InChI is InChI=1S/C12H19N3O8S2/c16-5-7-8(17)9(18)11(23-7)15-4-6(10(19)14-12(15)24)3-13-1-2-25(20,21)22/h4,7-9,11,13,16-18H,1-3,5H2,(H,14,19,24)(H,20,21,22)/p-1/t7-,8-,9-,11-/m1/s1. The Labute approximate surface area is 147 Å². The lowest BCUT2D eigenvalue weighted by molar-refractivity contribution is -0.0542. The number of hydrogen-bond donors (Lipinski definition) is 5. The second-order valence-corrected chi connectivity index (χ2v) is 7.40. The van der Waals surface area contributed by atoms with Gasteiger partial charge in [0, 0.05) is 24.8 Å². The number of rotatable bonds is 7. The van der Waals surface area contributed by atoms with E-state index in [9.17, 15) is 28.0 Å². The number of H-pyrrole nitrogens is 1. The highest BCUT2D eigenvalue weighted by Crippen LogP contribution is 2.29. The molecule has 1 saturated heterocycles. The molecule has 1 aromatic heterocycles. The first-order valence-corrected chi connectivity index (χ1v) is 9.23. The van der Waals surface area contributed by atoms with Gasteiger partial charge in [-0.25, -0.2) is 8.42 Å². The Morgan fingerprint density at radius 1 is 1.40 bits per heavy atom. The molecule has 1 fully saturated rings. The lowest BCUT2D eigenvalue weighted by Gasteiger charge is -2.19. The van der Waals surface area contributed by atoms with E-state index in [1.165, 1.54) is 10.8 Å². The number of ether oxygens (including phenoxy) is 1. The molecule has 0 bridgehead atoms. The molecule has 142 valence electrons. The molecule has 13 heteroatoms. The minimum Gasteiger partial charge on any atom is -0.748 e. The summed E-state index contributed by atoms with van der Waals surface area (Å²) in [5, 5.41) is 31.6. The molecule has 25 heavy (non-hydrogen) atoms. The molecule has 4 atom stereocenters. The lowest BCUT2D eigenvalue weighted by Crippen LogP contribution is -2.34. The second kappa shape index (κ2) is 8.01. The summed E-state index contributed by atoms with van der Waals surface area (Å²) in [6.07, 6.45) is -3.52. The highest BCUT2D eigenvalue weighted by molar-refractivity contribution is 7.85. The van der Waals surface area contributed by atoms with E-state index in [0.717, 1.165) is 0 Å². The first-order valence-electron chi connectivity index (χ1n) is 7.25. The van der Waals surface area contributed by atoms with Crippen LogP contribution in [0.2, 0.25) is 0 Å². The fourth-order valence-electron chi connectivity index (χ4n) is 2.37. The topological polar surface area (TPSA) is 177 Å². The predicted octanol–water partition coefficient (Wildman–Crippen LogP) is -2.85. The number of hydrogen-bond acceptors (Lipinski definition) is 10. The van der Waals surface area contributed by atoms with Crippen molar-refractivity contribution in [2.24, 2.45) is 0 Å². The third-order valence-corrected chi connectivity index (χ3v) is 4.69. The van der Waals surface area contributed by atoms with Crippen molar-refractivity contribution in [2.75, 3.05) is 18.9 Å². The number of aliphatic hydroxyl groups is 3. The average Bonchev–Trinajstić information content (AvgIpc) is 2.80. The van der Waals surface area contributed by atoms with Crippen LogP contribution in [0.4, 0.5) is 0 Å². The Bertz CT molecular complexity index is 820. The maximum absolute atomic E-state index is 11.9. The third kappa shape index (κ3) is 4.92. The number of aliphatic hydroxyl groups excluding tert-OH is 3. The van der Waals surface area contributed by atoms with E-state index < -0.39 is 52.6 Å². The van der Waals surface area contributed by atoms with E-state index in [0.29, 0.717) is 0 Å². The molecule has 1 aliphatic heterocycles. The Morgan fingerprint density at radius 3 is 2.64 bits per heavy atom. The monoisotopic (exact) mass is 396 g/mol. The van der Waals surface area contributed by atoms with E-state index in [2.05, 4.69) is 10.3 Å². The molecular weight excluding hydrogens is 378 g/mol. The zero-order valence-corrected chi connectivity index (χ0v) is 14.5. The van der Waals surface area contributed by atoms with Crippen LogP contribution in [-0.2, 0) is 21.4 Å². The quantitative estimate of drug-likeness (QED) is 0.183. The van der Waals surface area contributed by atoms with Gasteiger partial charge in [0.05, 0.1) is 22.5 Å². The summed E-state index contributed by atoms with van der Waals surface area (Å²) in [6.45, 7) is -0.715. The van der Waals surface area contributed by atoms with Crippen LogP contribution in [0.15, 0.2) is 11.0 Å². The summed E-state index contributed by atoms with van der Waals surface area (Å²) in [5.74, 6) is -0.626. The van der Waals surface area contributed by atoms with Gasteiger partial charge < -0.3 is 29.9 Å². The third-order valence-electron chi connectivity index (χ3n) is 3.68. The highest BCUT2D eigenvalue weighted by atomic mass is 32.2. The number of nitrogens with one attached hydrogen (secondary N) is 2. The van der Waals surface area contributed by atoms with Gasteiger partial charge in [-0.15, -0.1) is 0 Å². The molecule has 2 rings (SSSR count). The van der Waals surface area contributed by atoms with Crippen LogP contribution in [0.1, 0.15) is 11.8 Å². The van der Waals surface area contributed by atoms with Gasteiger partial charge in [0.15, 0.2) is 11.0 Å². The zero-order valence-electron chi connectivity index (χ0n) is 12.9. The van der Waals surface area contributed by atoms with Gasteiger partial charge in [-0.1, -0.05) is 0 Å². The number of aromatic nitrogens is 2. The van der Waals surface area contributed by atoms with Gasteiger partial charge in [0.1, 0.15) is 18.3 Å². The SMILES string of the molecule is O=c1[nH]c(=S)n([C@@H]2O[C@H](CO)[C@@H](O)[C@H]2O)cc1CNCCS(=O)(=O)[O-]. The van der Waals surface area contributed by atoms with Crippen molar-refractivity contribution >= 4 is 22.3 Å². The fourth-order valence-corrected chi connectivity index (χ4v) is 3.02. The Hall–Kier alpha value is -1.19. The first-order chi connectivity index (χ1) is 11.6. The molecule has 1 aliphatic rings. The van der Waals surface area contributed by atoms with Crippen LogP contribution in [-0.4, -0.2) is 75.1 Å². The predicted molar refractivity (Wildman–Crippen MR) is 85.2 cm³/mol. The van der Waals surface area contributed by atoms with Gasteiger partial charge >= 0.3 is 0 Å². The van der Waals surface area contributed by atoms with E-state index in [-0.39, 0.29) is 23.4 Å². The minimum absolute atomic E-state index is 0.0603.